The van der Waals surface area contributed by atoms with Crippen molar-refractivity contribution in [1.82, 2.24) is 4.98 Å². The van der Waals surface area contributed by atoms with Crippen molar-refractivity contribution in [3.8, 4) is 5.88 Å². The van der Waals surface area contributed by atoms with Crippen LogP contribution >= 0.6 is 0 Å². The van der Waals surface area contributed by atoms with Crippen LogP contribution in [0.25, 0.3) is 6.08 Å². The standard InChI is InChI=1S/C11H12N2O2/c1-2-3-4-8-5-6-9-11(12-8)15-7-10(14)13-9/h3-6H,2,7H2,1H3,(H,13,14). The monoisotopic (exact) mass is 204 g/mol. The number of amides is 1. The van der Waals surface area contributed by atoms with Crippen molar-refractivity contribution in [1.29, 1.82) is 0 Å². The molecule has 0 radical (unpaired) electrons. The number of carbonyl (C=O) groups excluding carboxylic acids is 1. The maximum atomic E-state index is 11.0. The van der Waals surface area contributed by atoms with Gasteiger partial charge in [0.05, 0.1) is 5.69 Å². The molecular formula is C11H12N2O2. The fourth-order valence-corrected chi connectivity index (χ4v) is 1.31. The van der Waals surface area contributed by atoms with Gasteiger partial charge in [-0.1, -0.05) is 13.0 Å². The number of fused-ring (bicyclic) bond motifs is 1. The summed E-state index contributed by atoms with van der Waals surface area (Å²) < 4.78 is 5.20. The summed E-state index contributed by atoms with van der Waals surface area (Å²) >= 11 is 0. The lowest BCUT2D eigenvalue weighted by molar-refractivity contribution is -0.118. The highest BCUT2D eigenvalue weighted by molar-refractivity contribution is 5.94. The van der Waals surface area contributed by atoms with Gasteiger partial charge in [-0.2, -0.15) is 0 Å². The van der Waals surface area contributed by atoms with Crippen LogP contribution in [0.5, 0.6) is 5.88 Å². The quantitative estimate of drug-likeness (QED) is 0.799. The maximum Gasteiger partial charge on any atom is 0.262 e. The minimum absolute atomic E-state index is 0.0426. The number of rotatable bonds is 2. The lowest BCUT2D eigenvalue weighted by Crippen LogP contribution is -2.26. The molecule has 15 heavy (non-hydrogen) atoms. The SMILES string of the molecule is CCC=Cc1ccc2c(n1)OCC(=O)N2. The Bertz CT molecular complexity index is 413. The first-order valence-electron chi connectivity index (χ1n) is 4.90. The first-order chi connectivity index (χ1) is 7.29. The third-order valence-electron chi connectivity index (χ3n) is 2.02. The van der Waals surface area contributed by atoms with Crippen molar-refractivity contribution < 1.29 is 9.53 Å². The summed E-state index contributed by atoms with van der Waals surface area (Å²) in [5, 5.41) is 2.69. The van der Waals surface area contributed by atoms with Gasteiger partial charge in [-0.15, -0.1) is 0 Å². The topological polar surface area (TPSA) is 51.2 Å². The van der Waals surface area contributed by atoms with Crippen LogP contribution in [0, 0.1) is 0 Å². The zero-order valence-corrected chi connectivity index (χ0v) is 8.49. The summed E-state index contributed by atoms with van der Waals surface area (Å²) in [7, 11) is 0. The molecule has 1 aromatic heterocycles. The fourth-order valence-electron chi connectivity index (χ4n) is 1.31. The summed E-state index contributed by atoms with van der Waals surface area (Å²) in [6, 6.07) is 3.65. The van der Waals surface area contributed by atoms with E-state index in [9.17, 15) is 4.79 Å². The third-order valence-corrected chi connectivity index (χ3v) is 2.02. The second-order valence-electron chi connectivity index (χ2n) is 3.24. The number of nitrogens with one attached hydrogen (secondary N) is 1. The van der Waals surface area contributed by atoms with Gasteiger partial charge in [-0.25, -0.2) is 4.98 Å². The van der Waals surface area contributed by atoms with E-state index in [1.165, 1.54) is 0 Å². The number of carbonyl (C=O) groups is 1. The van der Waals surface area contributed by atoms with E-state index in [0.29, 0.717) is 11.6 Å². The Hall–Kier alpha value is -1.84. The van der Waals surface area contributed by atoms with Crippen LogP contribution < -0.4 is 10.1 Å². The average molecular weight is 204 g/mol. The first-order valence-corrected chi connectivity index (χ1v) is 4.90. The maximum absolute atomic E-state index is 11.0. The van der Waals surface area contributed by atoms with Gasteiger partial charge in [0, 0.05) is 0 Å². The highest BCUT2D eigenvalue weighted by atomic mass is 16.5. The van der Waals surface area contributed by atoms with Gasteiger partial charge in [-0.05, 0) is 24.6 Å². The number of hydrogen-bond acceptors (Lipinski definition) is 3. The molecule has 0 atom stereocenters. The smallest absolute Gasteiger partial charge is 0.262 e. The second-order valence-corrected chi connectivity index (χ2v) is 3.24. The molecule has 78 valence electrons. The van der Waals surface area contributed by atoms with Crippen LogP contribution in [-0.4, -0.2) is 17.5 Å². The van der Waals surface area contributed by atoms with E-state index in [-0.39, 0.29) is 12.5 Å². The van der Waals surface area contributed by atoms with Crippen LogP contribution in [0.2, 0.25) is 0 Å². The summed E-state index contributed by atoms with van der Waals surface area (Å²) in [6.45, 7) is 2.10. The lowest BCUT2D eigenvalue weighted by atomic mass is 10.2. The Morgan fingerprint density at radius 2 is 2.47 bits per heavy atom. The number of nitrogens with zero attached hydrogens (tertiary/aromatic N) is 1. The van der Waals surface area contributed by atoms with Gasteiger partial charge in [0.15, 0.2) is 6.61 Å². The summed E-state index contributed by atoms with van der Waals surface area (Å²) in [4.78, 5) is 15.3. The Kier molecular flexibility index (Phi) is 2.67. The zero-order valence-electron chi connectivity index (χ0n) is 8.49. The van der Waals surface area contributed by atoms with E-state index in [0.717, 1.165) is 12.1 Å². The van der Waals surface area contributed by atoms with Gasteiger partial charge >= 0.3 is 0 Å². The molecule has 2 rings (SSSR count). The normalized spacial score (nSPS) is 14.6. The minimum Gasteiger partial charge on any atom is -0.466 e. The molecule has 0 fully saturated rings. The molecule has 1 N–H and O–H groups in total. The average Bonchev–Trinajstić information content (AvgIpc) is 2.26. The first kappa shape index (κ1) is 9.71. The van der Waals surface area contributed by atoms with Crippen LogP contribution in [0.3, 0.4) is 0 Å². The Morgan fingerprint density at radius 1 is 1.60 bits per heavy atom. The molecule has 4 heteroatoms. The van der Waals surface area contributed by atoms with Crippen molar-refractivity contribution in [2.24, 2.45) is 0 Å². The predicted molar refractivity (Wildman–Crippen MR) is 57.7 cm³/mol. The number of hydrogen-bond donors (Lipinski definition) is 1. The summed E-state index contributed by atoms with van der Waals surface area (Å²) in [6.07, 6.45) is 4.92. The molecular weight excluding hydrogens is 192 g/mol. The van der Waals surface area contributed by atoms with Crippen molar-refractivity contribution in [2.45, 2.75) is 13.3 Å². The number of anilines is 1. The third kappa shape index (κ3) is 2.15. The van der Waals surface area contributed by atoms with Gasteiger partial charge in [0.2, 0.25) is 5.88 Å². The Morgan fingerprint density at radius 3 is 3.27 bits per heavy atom. The van der Waals surface area contributed by atoms with Crippen LogP contribution in [0.4, 0.5) is 5.69 Å². The van der Waals surface area contributed by atoms with Crippen LogP contribution in [-0.2, 0) is 4.79 Å². The number of allylic oxidation sites excluding steroid dienone is 1. The van der Waals surface area contributed by atoms with Crippen LogP contribution in [0.15, 0.2) is 18.2 Å². The van der Waals surface area contributed by atoms with Crippen molar-refractivity contribution in [3.05, 3.63) is 23.9 Å². The number of pyridine rings is 1. The largest absolute Gasteiger partial charge is 0.466 e. The fraction of sp³-hybridized carbons (Fsp3) is 0.273. The molecule has 4 nitrogen and oxygen atoms in total. The molecule has 1 aliphatic heterocycles. The van der Waals surface area contributed by atoms with Gasteiger partial charge < -0.3 is 10.1 Å². The molecule has 1 aliphatic rings. The van der Waals surface area contributed by atoms with E-state index in [2.05, 4.69) is 17.2 Å². The second kappa shape index (κ2) is 4.13. The molecule has 0 saturated heterocycles. The molecule has 0 aliphatic carbocycles. The molecule has 0 aromatic carbocycles. The van der Waals surface area contributed by atoms with E-state index in [4.69, 9.17) is 4.74 Å². The molecule has 0 bridgehead atoms. The lowest BCUT2D eigenvalue weighted by Gasteiger charge is -2.16. The molecule has 2 heterocycles. The summed E-state index contributed by atoms with van der Waals surface area (Å²) in [5.41, 5.74) is 1.48. The number of aromatic nitrogens is 1. The molecule has 1 amide bonds. The van der Waals surface area contributed by atoms with Crippen molar-refractivity contribution in [2.75, 3.05) is 11.9 Å². The molecule has 1 aromatic rings. The van der Waals surface area contributed by atoms with E-state index >= 15 is 0 Å². The van der Waals surface area contributed by atoms with Crippen LogP contribution in [0.1, 0.15) is 19.0 Å². The summed E-state index contributed by atoms with van der Waals surface area (Å²) in [5.74, 6) is 0.356. The molecule has 0 spiro atoms. The predicted octanol–water partition coefficient (Wildman–Crippen LogP) is 1.84. The van der Waals surface area contributed by atoms with E-state index in [1.54, 1.807) is 6.07 Å². The molecule has 0 unspecified atom stereocenters. The Labute approximate surface area is 88.0 Å². The van der Waals surface area contributed by atoms with Gasteiger partial charge in [0.25, 0.3) is 5.91 Å². The van der Waals surface area contributed by atoms with E-state index in [1.807, 2.05) is 18.2 Å². The zero-order chi connectivity index (χ0) is 10.7. The Balaban J connectivity index is 2.26. The van der Waals surface area contributed by atoms with Crippen molar-refractivity contribution >= 4 is 17.7 Å². The highest BCUT2D eigenvalue weighted by Crippen LogP contribution is 2.25. The van der Waals surface area contributed by atoms with Gasteiger partial charge in [-0.3, -0.25) is 4.79 Å². The van der Waals surface area contributed by atoms with Crippen molar-refractivity contribution in [3.63, 3.8) is 0 Å². The number of ether oxygens (including phenoxy) is 1. The van der Waals surface area contributed by atoms with E-state index < -0.39 is 0 Å². The minimum atomic E-state index is -0.138. The highest BCUT2D eigenvalue weighted by Gasteiger charge is 2.16. The molecule has 0 saturated carbocycles. The van der Waals surface area contributed by atoms with Gasteiger partial charge in [0.1, 0.15) is 5.69 Å².